The highest BCUT2D eigenvalue weighted by Crippen LogP contribution is 2.37. The Morgan fingerprint density at radius 2 is 2.07 bits per heavy atom. The first-order valence-corrected chi connectivity index (χ1v) is 11.1. The fraction of sp³-hybridized carbons (Fsp3) is 0.609. The van der Waals surface area contributed by atoms with Crippen molar-refractivity contribution in [3.8, 4) is 0 Å². The summed E-state index contributed by atoms with van der Waals surface area (Å²) in [6, 6.07) is 11.1. The standard InChI is InChI=1S/C23H34N6O/c1-17(2)24-23(30)22-16-28-10-9-19(22)11-21(28)15-29-14-20(25-26-29)13-27(3)12-18-7-5-4-6-8-18/h4-8,14,17,19,21-22H,9-13,15-16H2,1-3H3,(H,24,30)/t19-,21+,22-/m0/s1. The third kappa shape index (κ3) is 5.08. The Hall–Kier alpha value is -2.25. The lowest BCUT2D eigenvalue weighted by molar-refractivity contribution is -0.133. The largest absolute Gasteiger partial charge is 0.354 e. The summed E-state index contributed by atoms with van der Waals surface area (Å²) in [6.07, 6.45) is 4.27. The van der Waals surface area contributed by atoms with E-state index in [0.29, 0.717) is 12.0 Å². The van der Waals surface area contributed by atoms with Gasteiger partial charge in [0.2, 0.25) is 5.91 Å². The Morgan fingerprint density at radius 1 is 1.27 bits per heavy atom. The van der Waals surface area contributed by atoms with Gasteiger partial charge in [0.25, 0.3) is 0 Å². The van der Waals surface area contributed by atoms with Crippen LogP contribution in [0.25, 0.3) is 0 Å². The fourth-order valence-corrected chi connectivity index (χ4v) is 4.96. The van der Waals surface area contributed by atoms with Crippen molar-refractivity contribution in [2.45, 2.75) is 58.4 Å². The highest BCUT2D eigenvalue weighted by atomic mass is 16.2. The van der Waals surface area contributed by atoms with E-state index in [1.54, 1.807) is 0 Å². The lowest BCUT2D eigenvalue weighted by Crippen LogP contribution is -2.58. The Labute approximate surface area is 179 Å². The topological polar surface area (TPSA) is 66.3 Å². The smallest absolute Gasteiger partial charge is 0.224 e. The summed E-state index contributed by atoms with van der Waals surface area (Å²) >= 11 is 0. The predicted octanol–water partition coefficient (Wildman–Crippen LogP) is 2.15. The van der Waals surface area contributed by atoms with Crippen molar-refractivity contribution in [2.75, 3.05) is 20.1 Å². The number of aromatic nitrogens is 3. The number of nitrogens with one attached hydrogen (secondary N) is 1. The molecule has 4 atom stereocenters. The maximum absolute atomic E-state index is 12.5. The van der Waals surface area contributed by atoms with Gasteiger partial charge in [-0.15, -0.1) is 5.10 Å². The van der Waals surface area contributed by atoms with Crippen molar-refractivity contribution < 1.29 is 4.79 Å². The third-order valence-electron chi connectivity index (χ3n) is 6.36. The first-order chi connectivity index (χ1) is 14.5. The zero-order chi connectivity index (χ0) is 21.1. The number of rotatable bonds is 8. The lowest BCUT2D eigenvalue weighted by Gasteiger charge is -2.49. The zero-order valence-electron chi connectivity index (χ0n) is 18.4. The molecule has 1 aromatic carbocycles. The number of amides is 1. The minimum atomic E-state index is 0.135. The minimum absolute atomic E-state index is 0.135. The first-order valence-electron chi connectivity index (χ1n) is 11.1. The monoisotopic (exact) mass is 410 g/mol. The molecule has 1 aromatic heterocycles. The van der Waals surface area contributed by atoms with Crippen LogP contribution in [0.5, 0.6) is 0 Å². The average molecular weight is 411 g/mol. The van der Waals surface area contributed by atoms with Crippen LogP contribution in [0.2, 0.25) is 0 Å². The SMILES string of the molecule is CC(C)NC(=O)[C@H]1CN2CC[C@H]1C[C@@H]2Cn1cc(CN(C)Cc2ccccc2)nn1. The summed E-state index contributed by atoms with van der Waals surface area (Å²) in [5.74, 6) is 0.844. The number of hydrogen-bond donors (Lipinski definition) is 1. The molecule has 0 saturated carbocycles. The van der Waals surface area contributed by atoms with Crippen LogP contribution < -0.4 is 5.32 Å². The molecular formula is C23H34N6O. The van der Waals surface area contributed by atoms with E-state index in [2.05, 4.69) is 62.9 Å². The zero-order valence-corrected chi connectivity index (χ0v) is 18.4. The Bertz CT molecular complexity index is 835. The molecule has 3 aliphatic rings. The first kappa shape index (κ1) is 21.0. The number of benzene rings is 1. The normalized spacial score (nSPS) is 25.8. The van der Waals surface area contributed by atoms with Crippen LogP contribution in [0.1, 0.15) is 37.9 Å². The average Bonchev–Trinajstić information content (AvgIpc) is 3.15. The number of fused-ring (bicyclic) bond motifs is 3. The second-order valence-electron chi connectivity index (χ2n) is 9.29. The van der Waals surface area contributed by atoms with Crippen molar-refractivity contribution in [3.05, 3.63) is 47.8 Å². The number of nitrogens with zero attached hydrogens (tertiary/aromatic N) is 5. The molecule has 4 heterocycles. The molecule has 2 bridgehead atoms. The number of carbonyl (C=O) groups is 1. The van der Waals surface area contributed by atoms with Gasteiger partial charge in [0.15, 0.2) is 0 Å². The molecule has 3 fully saturated rings. The molecule has 1 N–H and O–H groups in total. The molecule has 7 nitrogen and oxygen atoms in total. The van der Waals surface area contributed by atoms with Gasteiger partial charge in [-0.3, -0.25) is 19.3 Å². The molecule has 1 amide bonds. The number of carbonyl (C=O) groups excluding carboxylic acids is 1. The van der Waals surface area contributed by atoms with Crippen molar-refractivity contribution in [1.29, 1.82) is 0 Å². The Balaban J connectivity index is 1.30. The molecule has 30 heavy (non-hydrogen) atoms. The van der Waals surface area contributed by atoms with E-state index in [0.717, 1.165) is 51.3 Å². The van der Waals surface area contributed by atoms with Gasteiger partial charge in [0.05, 0.1) is 18.2 Å². The molecule has 5 rings (SSSR count). The summed E-state index contributed by atoms with van der Waals surface area (Å²) in [7, 11) is 2.11. The van der Waals surface area contributed by atoms with Crippen molar-refractivity contribution >= 4 is 5.91 Å². The van der Waals surface area contributed by atoms with Gasteiger partial charge in [-0.25, -0.2) is 0 Å². The van der Waals surface area contributed by atoms with E-state index in [9.17, 15) is 4.79 Å². The molecule has 2 aromatic rings. The highest BCUT2D eigenvalue weighted by molar-refractivity contribution is 5.79. The molecule has 7 heteroatoms. The molecule has 0 radical (unpaired) electrons. The quantitative estimate of drug-likeness (QED) is 0.722. The fourth-order valence-electron chi connectivity index (χ4n) is 4.96. The van der Waals surface area contributed by atoms with Gasteiger partial charge >= 0.3 is 0 Å². The van der Waals surface area contributed by atoms with Crippen LogP contribution in [-0.4, -0.2) is 62.9 Å². The van der Waals surface area contributed by atoms with Crippen LogP contribution in [0.3, 0.4) is 0 Å². The molecule has 3 aliphatic heterocycles. The van der Waals surface area contributed by atoms with E-state index in [4.69, 9.17) is 0 Å². The van der Waals surface area contributed by atoms with Crippen LogP contribution in [0.4, 0.5) is 0 Å². The molecular weight excluding hydrogens is 376 g/mol. The summed E-state index contributed by atoms with van der Waals surface area (Å²) < 4.78 is 1.99. The van der Waals surface area contributed by atoms with Crippen LogP contribution in [0, 0.1) is 11.8 Å². The van der Waals surface area contributed by atoms with Gasteiger partial charge in [-0.05, 0) is 51.8 Å². The highest BCUT2D eigenvalue weighted by Gasteiger charge is 2.43. The van der Waals surface area contributed by atoms with Gasteiger partial charge < -0.3 is 5.32 Å². The second kappa shape index (κ2) is 9.27. The number of hydrogen-bond acceptors (Lipinski definition) is 5. The maximum atomic E-state index is 12.5. The molecule has 0 spiro atoms. The van der Waals surface area contributed by atoms with Gasteiger partial charge in [0.1, 0.15) is 0 Å². The second-order valence-corrected chi connectivity index (χ2v) is 9.29. The third-order valence-corrected chi connectivity index (χ3v) is 6.36. The summed E-state index contributed by atoms with van der Waals surface area (Å²) in [6.45, 7) is 8.54. The molecule has 1 unspecified atom stereocenters. The van der Waals surface area contributed by atoms with Crippen LogP contribution >= 0.6 is 0 Å². The van der Waals surface area contributed by atoms with Crippen molar-refractivity contribution in [2.24, 2.45) is 11.8 Å². The van der Waals surface area contributed by atoms with Gasteiger partial charge in [0, 0.05) is 37.9 Å². The van der Waals surface area contributed by atoms with Gasteiger partial charge in [-0.2, -0.15) is 0 Å². The van der Waals surface area contributed by atoms with Gasteiger partial charge in [-0.1, -0.05) is 35.5 Å². The Kier molecular flexibility index (Phi) is 6.49. The summed E-state index contributed by atoms with van der Waals surface area (Å²) in [5, 5.41) is 11.9. The number of piperidine rings is 3. The molecule has 162 valence electrons. The lowest BCUT2D eigenvalue weighted by atomic mass is 9.75. The van der Waals surface area contributed by atoms with E-state index in [1.807, 2.05) is 24.6 Å². The van der Waals surface area contributed by atoms with E-state index >= 15 is 0 Å². The van der Waals surface area contributed by atoms with Crippen LogP contribution in [-0.2, 0) is 24.4 Å². The van der Waals surface area contributed by atoms with E-state index < -0.39 is 0 Å². The molecule has 0 aliphatic carbocycles. The van der Waals surface area contributed by atoms with E-state index in [1.165, 1.54) is 5.56 Å². The predicted molar refractivity (Wildman–Crippen MR) is 116 cm³/mol. The molecule has 3 saturated heterocycles. The van der Waals surface area contributed by atoms with Crippen molar-refractivity contribution in [3.63, 3.8) is 0 Å². The van der Waals surface area contributed by atoms with Crippen molar-refractivity contribution in [1.82, 2.24) is 30.1 Å². The van der Waals surface area contributed by atoms with E-state index in [-0.39, 0.29) is 17.9 Å². The maximum Gasteiger partial charge on any atom is 0.224 e. The van der Waals surface area contributed by atoms with Crippen LogP contribution in [0.15, 0.2) is 36.5 Å². The Morgan fingerprint density at radius 3 is 2.77 bits per heavy atom. The summed E-state index contributed by atoms with van der Waals surface area (Å²) in [5.41, 5.74) is 2.30. The minimum Gasteiger partial charge on any atom is -0.354 e. The summed E-state index contributed by atoms with van der Waals surface area (Å²) in [4.78, 5) is 17.3.